The normalized spacial score (nSPS) is 12.9. The number of imide groups is 1. The van der Waals surface area contributed by atoms with Crippen molar-refractivity contribution in [2.45, 2.75) is 19.4 Å². The highest BCUT2D eigenvalue weighted by Crippen LogP contribution is 1.89. The van der Waals surface area contributed by atoms with Crippen LogP contribution >= 0.6 is 0 Å². The first-order valence-electron chi connectivity index (χ1n) is 5.20. The number of amides is 3. The lowest BCUT2D eigenvalue weighted by Crippen LogP contribution is -2.47. The number of urea groups is 1. The van der Waals surface area contributed by atoms with Gasteiger partial charge in [-0.3, -0.25) is 10.1 Å². The van der Waals surface area contributed by atoms with Gasteiger partial charge in [0.2, 0.25) is 5.91 Å². The van der Waals surface area contributed by atoms with Gasteiger partial charge in [0.25, 0.3) is 0 Å². The van der Waals surface area contributed by atoms with Gasteiger partial charge in [-0.05, 0) is 19.9 Å². The number of hydrogen-bond acceptors (Lipinski definition) is 5. The summed E-state index contributed by atoms with van der Waals surface area (Å²) in [6, 6.07) is -1.12. The zero-order valence-electron chi connectivity index (χ0n) is 10.2. The number of hydrogen-bond donors (Lipinski definition) is 3. The van der Waals surface area contributed by atoms with Crippen LogP contribution in [0.15, 0.2) is 0 Å². The van der Waals surface area contributed by atoms with E-state index in [1.165, 1.54) is 7.05 Å². The Labute approximate surface area is 101 Å². The van der Waals surface area contributed by atoms with Gasteiger partial charge in [-0.2, -0.15) is 0 Å². The van der Waals surface area contributed by atoms with Gasteiger partial charge in [0.05, 0.1) is 11.8 Å². The molecule has 0 aliphatic carbocycles. The minimum atomic E-state index is -2.97. The van der Waals surface area contributed by atoms with E-state index in [4.69, 9.17) is 0 Å². The van der Waals surface area contributed by atoms with E-state index in [2.05, 4.69) is 16.0 Å². The molecule has 1 atom stereocenters. The maximum Gasteiger partial charge on any atom is 0.321 e. The summed E-state index contributed by atoms with van der Waals surface area (Å²) in [4.78, 5) is 22.2. The highest BCUT2D eigenvalue weighted by atomic mass is 32.2. The third-order valence-electron chi connectivity index (χ3n) is 2.00. The van der Waals surface area contributed by atoms with Crippen molar-refractivity contribution in [2.24, 2.45) is 0 Å². The van der Waals surface area contributed by atoms with E-state index in [1.807, 2.05) is 0 Å². The molecular weight excluding hydrogens is 246 g/mol. The third kappa shape index (κ3) is 8.64. The standard InChI is InChI=1S/C9H19N3O4S/c1-7(8(13)12-9(14)10-2)11-5-4-6-17(3,15)16/h7,11H,4-6H2,1-3H3,(H2,10,12,13,14). The molecule has 0 bridgehead atoms. The first-order chi connectivity index (χ1) is 7.76. The average molecular weight is 265 g/mol. The van der Waals surface area contributed by atoms with Crippen molar-refractivity contribution in [3.63, 3.8) is 0 Å². The summed E-state index contributed by atoms with van der Waals surface area (Å²) in [5, 5.41) is 7.20. The number of rotatable bonds is 6. The van der Waals surface area contributed by atoms with Crippen molar-refractivity contribution in [2.75, 3.05) is 25.6 Å². The molecule has 0 saturated carbocycles. The summed E-state index contributed by atoms with van der Waals surface area (Å²) >= 11 is 0. The summed E-state index contributed by atoms with van der Waals surface area (Å²) in [6.07, 6.45) is 1.59. The Balaban J connectivity index is 3.82. The predicted octanol–water partition coefficient (Wildman–Crippen LogP) is -1.15. The van der Waals surface area contributed by atoms with Crippen molar-refractivity contribution in [1.29, 1.82) is 0 Å². The third-order valence-corrected chi connectivity index (χ3v) is 3.03. The summed E-state index contributed by atoms with van der Waals surface area (Å²) in [5.74, 6) is -0.382. The van der Waals surface area contributed by atoms with Gasteiger partial charge in [0.1, 0.15) is 9.84 Å². The molecule has 0 aliphatic rings. The van der Waals surface area contributed by atoms with Crippen LogP contribution in [0.25, 0.3) is 0 Å². The van der Waals surface area contributed by atoms with Crippen LogP contribution < -0.4 is 16.0 Å². The fourth-order valence-corrected chi connectivity index (χ4v) is 1.70. The molecule has 0 spiro atoms. The lowest BCUT2D eigenvalue weighted by Gasteiger charge is -2.12. The van der Waals surface area contributed by atoms with Crippen LogP contribution in [0.5, 0.6) is 0 Å². The molecule has 3 amide bonds. The van der Waals surface area contributed by atoms with Crippen LogP contribution in [0.1, 0.15) is 13.3 Å². The van der Waals surface area contributed by atoms with Gasteiger partial charge in [-0.1, -0.05) is 0 Å². The molecule has 17 heavy (non-hydrogen) atoms. The molecule has 0 radical (unpaired) electrons. The molecule has 100 valence electrons. The molecule has 0 aromatic rings. The maximum absolute atomic E-state index is 11.4. The van der Waals surface area contributed by atoms with E-state index in [-0.39, 0.29) is 5.75 Å². The second-order valence-corrected chi connectivity index (χ2v) is 5.99. The minimum Gasteiger partial charge on any atom is -0.341 e. The Morgan fingerprint density at radius 1 is 1.29 bits per heavy atom. The summed E-state index contributed by atoms with van der Waals surface area (Å²) in [5.41, 5.74) is 0. The summed E-state index contributed by atoms with van der Waals surface area (Å²) in [7, 11) is -1.56. The maximum atomic E-state index is 11.4. The van der Waals surface area contributed by atoms with Crippen molar-refractivity contribution >= 4 is 21.8 Å². The van der Waals surface area contributed by atoms with Gasteiger partial charge >= 0.3 is 6.03 Å². The Morgan fingerprint density at radius 3 is 2.35 bits per heavy atom. The molecule has 0 aromatic carbocycles. The molecule has 3 N–H and O–H groups in total. The molecule has 7 nitrogen and oxygen atoms in total. The van der Waals surface area contributed by atoms with E-state index in [1.54, 1.807) is 6.92 Å². The van der Waals surface area contributed by atoms with Crippen LogP contribution in [-0.4, -0.2) is 52.0 Å². The van der Waals surface area contributed by atoms with Crippen molar-refractivity contribution in [3.8, 4) is 0 Å². The average Bonchev–Trinajstić information content (AvgIpc) is 2.22. The molecule has 1 unspecified atom stereocenters. The predicted molar refractivity (Wildman–Crippen MR) is 64.4 cm³/mol. The Morgan fingerprint density at radius 2 is 1.88 bits per heavy atom. The molecule has 0 rings (SSSR count). The fourth-order valence-electron chi connectivity index (χ4n) is 1.03. The Bertz CT molecular complexity index is 366. The van der Waals surface area contributed by atoms with Crippen LogP contribution in [-0.2, 0) is 14.6 Å². The summed E-state index contributed by atoms with van der Waals surface area (Å²) in [6.45, 7) is 1.99. The zero-order chi connectivity index (χ0) is 13.5. The van der Waals surface area contributed by atoms with E-state index in [9.17, 15) is 18.0 Å². The summed E-state index contributed by atoms with van der Waals surface area (Å²) < 4.78 is 21.7. The zero-order valence-corrected chi connectivity index (χ0v) is 11.1. The van der Waals surface area contributed by atoms with Crippen molar-refractivity contribution in [3.05, 3.63) is 0 Å². The number of nitrogens with one attached hydrogen (secondary N) is 3. The Hall–Kier alpha value is -1.15. The van der Waals surface area contributed by atoms with Crippen molar-refractivity contribution in [1.82, 2.24) is 16.0 Å². The van der Waals surface area contributed by atoms with Gasteiger partial charge < -0.3 is 10.6 Å². The fraction of sp³-hybridized carbons (Fsp3) is 0.778. The minimum absolute atomic E-state index is 0.0732. The van der Waals surface area contributed by atoms with Crippen molar-refractivity contribution < 1.29 is 18.0 Å². The van der Waals surface area contributed by atoms with Crippen LogP contribution in [0, 0.1) is 0 Å². The molecule has 0 aliphatic heterocycles. The second-order valence-electron chi connectivity index (χ2n) is 3.73. The molecule has 8 heteroatoms. The highest BCUT2D eigenvalue weighted by Gasteiger charge is 2.14. The molecule has 0 aromatic heterocycles. The van der Waals surface area contributed by atoms with Gasteiger partial charge in [0.15, 0.2) is 0 Å². The number of carbonyl (C=O) groups excluding carboxylic acids is 2. The molecule has 0 heterocycles. The van der Waals surface area contributed by atoms with E-state index in [0.717, 1.165) is 6.26 Å². The number of sulfone groups is 1. The smallest absolute Gasteiger partial charge is 0.321 e. The van der Waals surface area contributed by atoms with E-state index >= 15 is 0 Å². The van der Waals surface area contributed by atoms with Gasteiger partial charge in [-0.15, -0.1) is 0 Å². The SMILES string of the molecule is CNC(=O)NC(=O)C(C)NCCCS(C)(=O)=O. The van der Waals surface area contributed by atoms with E-state index in [0.29, 0.717) is 13.0 Å². The highest BCUT2D eigenvalue weighted by molar-refractivity contribution is 7.90. The molecule has 0 saturated heterocycles. The molecular formula is C9H19N3O4S. The van der Waals surface area contributed by atoms with Gasteiger partial charge in [0, 0.05) is 13.3 Å². The molecule has 0 fully saturated rings. The largest absolute Gasteiger partial charge is 0.341 e. The monoisotopic (exact) mass is 265 g/mol. The van der Waals surface area contributed by atoms with Crippen LogP contribution in [0.2, 0.25) is 0 Å². The first kappa shape index (κ1) is 15.9. The quantitative estimate of drug-likeness (QED) is 0.526. The second kappa shape index (κ2) is 7.23. The lowest BCUT2D eigenvalue weighted by atomic mass is 10.3. The van der Waals surface area contributed by atoms with Gasteiger partial charge in [-0.25, -0.2) is 13.2 Å². The van der Waals surface area contributed by atoms with Crippen LogP contribution in [0.3, 0.4) is 0 Å². The van der Waals surface area contributed by atoms with Crippen LogP contribution in [0.4, 0.5) is 4.79 Å². The topological polar surface area (TPSA) is 104 Å². The number of carbonyl (C=O) groups is 2. The lowest BCUT2D eigenvalue weighted by molar-refractivity contribution is -0.121. The van der Waals surface area contributed by atoms with E-state index < -0.39 is 27.8 Å². The Kier molecular flexibility index (Phi) is 6.74. The first-order valence-corrected chi connectivity index (χ1v) is 7.26.